The molecule has 0 radical (unpaired) electrons. The Kier molecular flexibility index (Phi) is 5.73. The highest BCUT2D eigenvalue weighted by Crippen LogP contribution is 2.11. The Morgan fingerprint density at radius 2 is 1.64 bits per heavy atom. The molecule has 0 aromatic heterocycles. The Hall–Kier alpha value is -2.13. The normalized spacial score (nSPS) is 10.7. The number of benzene rings is 2. The van der Waals surface area contributed by atoms with Crippen molar-refractivity contribution < 1.29 is 4.79 Å². The lowest BCUT2D eigenvalue weighted by atomic mass is 10.1. The van der Waals surface area contributed by atoms with Crippen LogP contribution in [0.5, 0.6) is 0 Å². The topological polar surface area (TPSA) is 32.3 Å². The zero-order valence-electron chi connectivity index (χ0n) is 13.6. The summed E-state index contributed by atoms with van der Waals surface area (Å²) in [5, 5.41) is 3.01. The molecular formula is C19H24N2O. The molecule has 0 saturated heterocycles. The van der Waals surface area contributed by atoms with E-state index in [1.807, 2.05) is 50.5 Å². The summed E-state index contributed by atoms with van der Waals surface area (Å²) < 4.78 is 0. The van der Waals surface area contributed by atoms with Gasteiger partial charge in [-0.1, -0.05) is 43.3 Å². The lowest BCUT2D eigenvalue weighted by Crippen LogP contribution is -2.24. The number of hydrogen-bond donors (Lipinski definition) is 1. The Labute approximate surface area is 133 Å². The highest BCUT2D eigenvalue weighted by atomic mass is 16.1. The third kappa shape index (κ3) is 4.43. The first-order chi connectivity index (χ1) is 10.6. The molecule has 0 aliphatic rings. The first kappa shape index (κ1) is 16.2. The molecule has 2 aromatic rings. The summed E-state index contributed by atoms with van der Waals surface area (Å²) in [6.45, 7) is 3.53. The van der Waals surface area contributed by atoms with Crippen LogP contribution in [0.2, 0.25) is 0 Å². The van der Waals surface area contributed by atoms with E-state index in [0.29, 0.717) is 12.1 Å². The van der Waals surface area contributed by atoms with Crippen molar-refractivity contribution in [2.75, 3.05) is 14.1 Å². The molecule has 116 valence electrons. The van der Waals surface area contributed by atoms with E-state index in [1.165, 1.54) is 11.1 Å². The van der Waals surface area contributed by atoms with E-state index in [2.05, 4.69) is 29.3 Å². The molecule has 1 N–H and O–H groups in total. The number of rotatable bonds is 6. The van der Waals surface area contributed by atoms with Crippen molar-refractivity contribution in [3.8, 4) is 0 Å². The van der Waals surface area contributed by atoms with E-state index in [4.69, 9.17) is 0 Å². The van der Waals surface area contributed by atoms with E-state index in [0.717, 1.165) is 18.5 Å². The van der Waals surface area contributed by atoms with Gasteiger partial charge in [0.1, 0.15) is 0 Å². The molecule has 3 heteroatoms. The van der Waals surface area contributed by atoms with Crippen LogP contribution in [0, 0.1) is 0 Å². The monoisotopic (exact) mass is 296 g/mol. The van der Waals surface area contributed by atoms with Crippen LogP contribution in [0.3, 0.4) is 0 Å². The van der Waals surface area contributed by atoms with Gasteiger partial charge in [0.05, 0.1) is 0 Å². The van der Waals surface area contributed by atoms with E-state index in [1.54, 1.807) is 0 Å². The number of carbonyl (C=O) groups is 1. The maximum atomic E-state index is 12.2. The Morgan fingerprint density at radius 1 is 1.00 bits per heavy atom. The third-order valence-corrected chi connectivity index (χ3v) is 3.67. The number of aryl methyl sites for hydroxylation is 1. The Bertz CT molecular complexity index is 618. The molecule has 1 amide bonds. The third-order valence-electron chi connectivity index (χ3n) is 3.67. The zero-order valence-corrected chi connectivity index (χ0v) is 13.6. The lowest BCUT2D eigenvalue weighted by Gasteiger charge is -2.14. The van der Waals surface area contributed by atoms with Crippen molar-refractivity contribution in [1.29, 1.82) is 0 Å². The fourth-order valence-corrected chi connectivity index (χ4v) is 2.39. The van der Waals surface area contributed by atoms with Crippen LogP contribution in [0.25, 0.3) is 0 Å². The molecule has 0 bridgehead atoms. The predicted octanol–water partition coefficient (Wildman–Crippen LogP) is 3.24. The number of nitrogens with one attached hydrogen (secondary N) is 1. The summed E-state index contributed by atoms with van der Waals surface area (Å²) in [7, 11) is 4.09. The molecule has 3 nitrogen and oxygen atoms in total. The highest BCUT2D eigenvalue weighted by Gasteiger charge is 2.07. The van der Waals surface area contributed by atoms with Crippen LogP contribution >= 0.6 is 0 Å². The first-order valence-electron chi connectivity index (χ1n) is 7.68. The molecule has 0 unspecified atom stereocenters. The van der Waals surface area contributed by atoms with Crippen molar-refractivity contribution in [3.63, 3.8) is 0 Å². The SMILES string of the molecule is CCc1ccc(C(=O)NCc2ccccc2CN(C)C)cc1. The summed E-state index contributed by atoms with van der Waals surface area (Å²) >= 11 is 0. The van der Waals surface area contributed by atoms with Gasteiger partial charge in [0.15, 0.2) is 0 Å². The molecule has 0 atom stereocenters. The lowest BCUT2D eigenvalue weighted by molar-refractivity contribution is 0.0951. The van der Waals surface area contributed by atoms with Gasteiger partial charge < -0.3 is 10.2 Å². The number of hydrogen-bond acceptors (Lipinski definition) is 2. The average Bonchev–Trinajstić information content (AvgIpc) is 2.53. The fourth-order valence-electron chi connectivity index (χ4n) is 2.39. The summed E-state index contributed by atoms with van der Waals surface area (Å²) in [4.78, 5) is 14.4. The van der Waals surface area contributed by atoms with Crippen molar-refractivity contribution in [1.82, 2.24) is 10.2 Å². The molecule has 0 fully saturated rings. The van der Waals surface area contributed by atoms with Crippen LogP contribution in [0.1, 0.15) is 34.0 Å². The second-order valence-corrected chi connectivity index (χ2v) is 5.74. The number of amides is 1. The van der Waals surface area contributed by atoms with Gasteiger partial charge in [-0.2, -0.15) is 0 Å². The van der Waals surface area contributed by atoms with Gasteiger partial charge >= 0.3 is 0 Å². The minimum Gasteiger partial charge on any atom is -0.348 e. The molecular weight excluding hydrogens is 272 g/mol. The molecule has 0 aliphatic carbocycles. The molecule has 0 spiro atoms. The van der Waals surface area contributed by atoms with Crippen LogP contribution < -0.4 is 5.32 Å². The number of nitrogens with zero attached hydrogens (tertiary/aromatic N) is 1. The summed E-state index contributed by atoms with van der Waals surface area (Å²) in [6.07, 6.45) is 0.986. The highest BCUT2D eigenvalue weighted by molar-refractivity contribution is 5.94. The van der Waals surface area contributed by atoms with Crippen LogP contribution in [-0.4, -0.2) is 24.9 Å². The minimum absolute atomic E-state index is 0.0256. The van der Waals surface area contributed by atoms with Gasteiger partial charge in [-0.05, 0) is 49.3 Å². The van der Waals surface area contributed by atoms with Crippen LogP contribution in [0.4, 0.5) is 0 Å². The largest absolute Gasteiger partial charge is 0.348 e. The minimum atomic E-state index is -0.0256. The molecule has 0 aliphatic heterocycles. The Balaban J connectivity index is 2.01. The van der Waals surface area contributed by atoms with E-state index < -0.39 is 0 Å². The molecule has 2 rings (SSSR count). The van der Waals surface area contributed by atoms with Gasteiger partial charge in [-0.15, -0.1) is 0 Å². The Morgan fingerprint density at radius 3 is 2.23 bits per heavy atom. The van der Waals surface area contributed by atoms with Crippen molar-refractivity contribution in [2.24, 2.45) is 0 Å². The summed E-state index contributed by atoms with van der Waals surface area (Å²) in [5.74, 6) is -0.0256. The van der Waals surface area contributed by atoms with Gasteiger partial charge in [0.2, 0.25) is 0 Å². The maximum Gasteiger partial charge on any atom is 0.251 e. The summed E-state index contributed by atoms with van der Waals surface area (Å²) in [5.41, 5.74) is 4.36. The second kappa shape index (κ2) is 7.76. The van der Waals surface area contributed by atoms with E-state index >= 15 is 0 Å². The second-order valence-electron chi connectivity index (χ2n) is 5.74. The van der Waals surface area contributed by atoms with E-state index in [-0.39, 0.29) is 5.91 Å². The fraction of sp³-hybridized carbons (Fsp3) is 0.316. The van der Waals surface area contributed by atoms with Crippen LogP contribution in [0.15, 0.2) is 48.5 Å². The van der Waals surface area contributed by atoms with Crippen LogP contribution in [-0.2, 0) is 19.5 Å². The van der Waals surface area contributed by atoms with Crippen molar-refractivity contribution in [2.45, 2.75) is 26.4 Å². The van der Waals surface area contributed by atoms with Gasteiger partial charge in [-0.3, -0.25) is 4.79 Å². The van der Waals surface area contributed by atoms with Gasteiger partial charge in [0.25, 0.3) is 5.91 Å². The van der Waals surface area contributed by atoms with Gasteiger partial charge in [-0.25, -0.2) is 0 Å². The molecule has 0 heterocycles. The quantitative estimate of drug-likeness (QED) is 0.887. The maximum absolute atomic E-state index is 12.2. The average molecular weight is 296 g/mol. The standard InChI is InChI=1S/C19H24N2O/c1-4-15-9-11-16(12-10-15)19(22)20-13-17-7-5-6-8-18(17)14-21(2)3/h5-12H,4,13-14H2,1-3H3,(H,20,22). The van der Waals surface area contributed by atoms with Crippen molar-refractivity contribution >= 4 is 5.91 Å². The van der Waals surface area contributed by atoms with Crippen molar-refractivity contribution in [3.05, 3.63) is 70.8 Å². The molecule has 2 aromatic carbocycles. The molecule has 0 saturated carbocycles. The zero-order chi connectivity index (χ0) is 15.9. The first-order valence-corrected chi connectivity index (χ1v) is 7.68. The van der Waals surface area contributed by atoms with Gasteiger partial charge in [0, 0.05) is 18.7 Å². The summed E-state index contributed by atoms with van der Waals surface area (Å²) in [6, 6.07) is 16.0. The number of carbonyl (C=O) groups excluding carboxylic acids is 1. The smallest absolute Gasteiger partial charge is 0.251 e. The predicted molar refractivity (Wildman–Crippen MR) is 90.8 cm³/mol. The molecule has 22 heavy (non-hydrogen) atoms. The van der Waals surface area contributed by atoms with E-state index in [9.17, 15) is 4.79 Å².